The van der Waals surface area contributed by atoms with E-state index in [0.717, 1.165) is 23.3 Å². The molecule has 16 nitrogen and oxygen atoms in total. The smallest absolute Gasteiger partial charge is 0.336 e. The third-order valence-corrected chi connectivity index (χ3v) is 8.16. The Hall–Kier alpha value is -8.11. The second-order valence-corrected chi connectivity index (χ2v) is 11.8. The number of nitrogens with one attached hydrogen (secondary N) is 2. The van der Waals surface area contributed by atoms with Gasteiger partial charge >= 0.3 is 11.9 Å². The Labute approximate surface area is 316 Å². The number of carbonyl (C=O) groups excluding carboxylic acids is 1. The van der Waals surface area contributed by atoms with Crippen molar-refractivity contribution in [1.82, 2.24) is 0 Å². The molecule has 0 bridgehead atoms. The van der Waals surface area contributed by atoms with Gasteiger partial charge in [0.25, 0.3) is 17.3 Å². The molecular formula is C40H28N4O12. The number of aromatic carboxylic acids is 2. The molecule has 6 rings (SSSR count). The average molecular weight is 757 g/mol. The lowest BCUT2D eigenvalue weighted by Gasteiger charge is -2.11. The maximum absolute atomic E-state index is 12.9. The summed E-state index contributed by atoms with van der Waals surface area (Å²) >= 11 is 0. The van der Waals surface area contributed by atoms with Crippen molar-refractivity contribution in [1.29, 1.82) is 0 Å². The lowest BCUT2D eigenvalue weighted by atomic mass is 10.0. The number of carbonyl (C=O) groups is 3. The Morgan fingerprint density at radius 2 is 0.982 bits per heavy atom. The van der Waals surface area contributed by atoms with Crippen molar-refractivity contribution in [3.8, 4) is 34.1 Å². The molecule has 6 aromatic carbocycles. The number of nitro benzene ring substituents is 2. The summed E-state index contributed by atoms with van der Waals surface area (Å²) in [6.45, 7) is -0.357. The number of nitrogens with zero attached hydrogens (tertiary/aromatic N) is 2. The van der Waals surface area contributed by atoms with Crippen LogP contribution in [0.4, 0.5) is 22.7 Å². The second-order valence-electron chi connectivity index (χ2n) is 11.8. The zero-order chi connectivity index (χ0) is 39.8. The molecule has 0 aliphatic rings. The van der Waals surface area contributed by atoms with Crippen molar-refractivity contribution in [3.63, 3.8) is 0 Å². The van der Waals surface area contributed by atoms with Crippen molar-refractivity contribution >= 4 is 40.6 Å². The molecule has 280 valence electrons. The minimum Gasteiger partial charge on any atom is -0.478 e. The van der Waals surface area contributed by atoms with E-state index in [9.17, 15) is 44.8 Å². The maximum Gasteiger partial charge on any atom is 0.336 e. The summed E-state index contributed by atoms with van der Waals surface area (Å²) in [7, 11) is 0. The van der Waals surface area contributed by atoms with Crippen molar-refractivity contribution in [2.45, 2.75) is 6.61 Å². The SMILES string of the molecule is O=C(O)c1cccc([N+](=O)[O-])c1CONc1ccc(Oc2ccc(-c3ccc(Oc4ccc(NC(=O)c5c(C(=O)O)cccc5[N+](=O)[O-])cc4)cc3)cc2)cc1. The summed E-state index contributed by atoms with van der Waals surface area (Å²) in [4.78, 5) is 62.7. The predicted octanol–water partition coefficient (Wildman–Crippen LogP) is 8.95. The van der Waals surface area contributed by atoms with E-state index in [1.807, 2.05) is 24.3 Å². The number of benzene rings is 6. The van der Waals surface area contributed by atoms with Crippen molar-refractivity contribution in [2.75, 3.05) is 10.8 Å². The largest absolute Gasteiger partial charge is 0.478 e. The van der Waals surface area contributed by atoms with Crippen LogP contribution in [0.1, 0.15) is 36.6 Å². The zero-order valence-electron chi connectivity index (χ0n) is 28.8. The van der Waals surface area contributed by atoms with Gasteiger partial charge in [-0.3, -0.25) is 35.3 Å². The van der Waals surface area contributed by atoms with Crippen LogP contribution >= 0.6 is 0 Å². The predicted molar refractivity (Wildman–Crippen MR) is 201 cm³/mol. The minimum atomic E-state index is -1.47. The van der Waals surface area contributed by atoms with E-state index in [-0.39, 0.29) is 29.1 Å². The van der Waals surface area contributed by atoms with Crippen LogP contribution in [0.3, 0.4) is 0 Å². The standard InChI is InChI=1S/C40H28N4O12/c45-38(37-33(40(48)49)4-2-6-36(37)44(52)53)41-26-11-19-30(20-12-26)55-28-15-7-24(8-16-28)25-9-17-29(18-10-25)56-31-21-13-27(14-22-31)42-54-23-34-32(39(46)47)3-1-5-35(34)43(50)51/h1-22,42H,23H2,(H,41,45)(H,46,47)(H,48,49). The molecule has 56 heavy (non-hydrogen) atoms. The summed E-state index contributed by atoms with van der Waals surface area (Å²) < 4.78 is 11.9. The van der Waals surface area contributed by atoms with Crippen LogP contribution in [0.2, 0.25) is 0 Å². The van der Waals surface area contributed by atoms with Gasteiger partial charge in [0.15, 0.2) is 0 Å². The fourth-order valence-corrected chi connectivity index (χ4v) is 5.49. The number of ether oxygens (including phenoxy) is 2. The Kier molecular flexibility index (Phi) is 11.2. The van der Waals surface area contributed by atoms with Crippen LogP contribution in [0, 0.1) is 20.2 Å². The van der Waals surface area contributed by atoms with Gasteiger partial charge in [-0.05, 0) is 96.1 Å². The van der Waals surface area contributed by atoms with Gasteiger partial charge in [-0.2, -0.15) is 0 Å². The summed E-state index contributed by atoms with van der Waals surface area (Å²) in [5.41, 5.74) is 2.93. The Balaban J connectivity index is 1.01. The number of amides is 1. The van der Waals surface area contributed by atoms with E-state index >= 15 is 0 Å². The third kappa shape index (κ3) is 8.91. The van der Waals surface area contributed by atoms with Gasteiger partial charge in [-0.25, -0.2) is 9.59 Å². The Bertz CT molecular complexity index is 2370. The van der Waals surface area contributed by atoms with Gasteiger partial charge in [0.1, 0.15) is 35.2 Å². The first-order chi connectivity index (χ1) is 27.0. The third-order valence-electron chi connectivity index (χ3n) is 8.16. The van der Waals surface area contributed by atoms with Crippen LogP contribution in [-0.4, -0.2) is 37.9 Å². The highest BCUT2D eigenvalue weighted by molar-refractivity contribution is 6.13. The quantitative estimate of drug-likeness (QED) is 0.0567. The Morgan fingerprint density at radius 3 is 1.45 bits per heavy atom. The first-order valence-electron chi connectivity index (χ1n) is 16.4. The molecule has 0 atom stereocenters. The summed E-state index contributed by atoms with van der Waals surface area (Å²) in [6.07, 6.45) is 0. The van der Waals surface area contributed by atoms with Crippen molar-refractivity contribution in [3.05, 3.63) is 176 Å². The molecule has 0 unspecified atom stereocenters. The minimum absolute atomic E-state index is 0.0674. The number of anilines is 2. The van der Waals surface area contributed by atoms with Crippen LogP contribution in [0.25, 0.3) is 11.1 Å². The molecule has 0 aliphatic carbocycles. The zero-order valence-corrected chi connectivity index (χ0v) is 28.8. The van der Waals surface area contributed by atoms with Crippen LogP contribution in [0.15, 0.2) is 133 Å². The molecule has 6 aromatic rings. The fourth-order valence-electron chi connectivity index (χ4n) is 5.49. The molecule has 0 radical (unpaired) electrons. The van der Waals surface area contributed by atoms with Gasteiger partial charge < -0.3 is 25.0 Å². The average Bonchev–Trinajstić information content (AvgIpc) is 3.19. The van der Waals surface area contributed by atoms with E-state index in [0.29, 0.717) is 28.7 Å². The highest BCUT2D eigenvalue weighted by Crippen LogP contribution is 2.31. The van der Waals surface area contributed by atoms with Crippen LogP contribution in [0.5, 0.6) is 23.0 Å². The first kappa shape index (κ1) is 37.6. The van der Waals surface area contributed by atoms with Crippen LogP contribution < -0.4 is 20.3 Å². The molecule has 16 heteroatoms. The topological polar surface area (TPSA) is 230 Å². The number of carboxylic acids is 2. The van der Waals surface area contributed by atoms with Gasteiger partial charge in [-0.1, -0.05) is 36.4 Å². The number of hydrogen-bond acceptors (Lipinski definition) is 11. The van der Waals surface area contributed by atoms with E-state index in [1.165, 1.54) is 36.4 Å². The molecule has 0 spiro atoms. The van der Waals surface area contributed by atoms with E-state index in [2.05, 4.69) is 10.8 Å². The number of carboxylic acid groups (broad SMARTS) is 2. The molecular weight excluding hydrogens is 728 g/mol. The maximum atomic E-state index is 12.9. The second kappa shape index (κ2) is 16.7. The number of hydrogen-bond donors (Lipinski definition) is 4. The molecule has 0 saturated heterocycles. The summed E-state index contributed by atoms with van der Waals surface area (Å²) in [6, 6.07) is 34.8. The fraction of sp³-hybridized carbons (Fsp3) is 0.0250. The monoisotopic (exact) mass is 756 g/mol. The lowest BCUT2D eigenvalue weighted by molar-refractivity contribution is -0.386. The molecule has 0 aliphatic heterocycles. The van der Waals surface area contributed by atoms with E-state index < -0.39 is 44.5 Å². The summed E-state index contributed by atoms with van der Waals surface area (Å²) in [5, 5.41) is 44.1. The molecule has 0 aromatic heterocycles. The van der Waals surface area contributed by atoms with Crippen molar-refractivity contribution in [2.24, 2.45) is 0 Å². The van der Waals surface area contributed by atoms with Gasteiger partial charge in [0, 0.05) is 17.8 Å². The molecule has 0 heterocycles. The molecule has 4 N–H and O–H groups in total. The highest BCUT2D eigenvalue weighted by Gasteiger charge is 2.27. The number of rotatable bonds is 15. The van der Waals surface area contributed by atoms with Gasteiger partial charge in [0.05, 0.1) is 32.2 Å². The molecule has 0 fully saturated rings. The van der Waals surface area contributed by atoms with Gasteiger partial charge in [0.2, 0.25) is 0 Å². The normalized spacial score (nSPS) is 10.6. The van der Waals surface area contributed by atoms with Crippen LogP contribution in [-0.2, 0) is 11.4 Å². The van der Waals surface area contributed by atoms with E-state index in [1.54, 1.807) is 60.7 Å². The molecule has 1 amide bonds. The molecule has 0 saturated carbocycles. The number of nitro groups is 2. The Morgan fingerprint density at radius 1 is 0.554 bits per heavy atom. The highest BCUT2D eigenvalue weighted by atomic mass is 16.6. The van der Waals surface area contributed by atoms with E-state index in [4.69, 9.17) is 14.3 Å². The van der Waals surface area contributed by atoms with Gasteiger partial charge in [-0.15, -0.1) is 0 Å². The lowest BCUT2D eigenvalue weighted by Crippen LogP contribution is -2.18. The summed E-state index contributed by atoms with van der Waals surface area (Å²) in [5.74, 6) is -1.63. The van der Waals surface area contributed by atoms with Crippen molar-refractivity contribution < 1.29 is 48.8 Å². The first-order valence-corrected chi connectivity index (χ1v) is 16.4.